The smallest absolute Gasteiger partial charge is 0.264 e. The van der Waals surface area contributed by atoms with Crippen LogP contribution in [0.25, 0.3) is 16.7 Å². The second-order valence-electron chi connectivity index (χ2n) is 5.79. The summed E-state index contributed by atoms with van der Waals surface area (Å²) in [5.74, 6) is 0. The molecule has 5 heteroatoms. The maximum atomic E-state index is 12.7. The van der Waals surface area contributed by atoms with E-state index in [1.807, 2.05) is 61.5 Å². The lowest BCUT2D eigenvalue weighted by Gasteiger charge is -2.06. The van der Waals surface area contributed by atoms with E-state index in [1.54, 1.807) is 21.8 Å². The number of aryl methyl sites for hydroxylation is 1. The quantitative estimate of drug-likeness (QED) is 0.584. The molecule has 24 heavy (non-hydrogen) atoms. The van der Waals surface area contributed by atoms with Gasteiger partial charge in [0.2, 0.25) is 0 Å². The lowest BCUT2D eigenvalue weighted by molar-refractivity contribution is 0.745. The first-order valence-corrected chi connectivity index (χ1v) is 7.76. The van der Waals surface area contributed by atoms with E-state index in [-0.39, 0.29) is 5.56 Å². The van der Waals surface area contributed by atoms with Gasteiger partial charge in [0.15, 0.2) is 5.65 Å². The highest BCUT2D eigenvalue weighted by molar-refractivity contribution is 5.74. The standard InChI is InChI=1S/C19H16N4O/c1-14-7-9-16(10-8-14)23-18-17(11-21-23)19(24)22(13-20-18)12-15-5-3-2-4-6-15/h2-11,13H,12H2,1H3. The minimum absolute atomic E-state index is 0.0813. The topological polar surface area (TPSA) is 52.7 Å². The fourth-order valence-corrected chi connectivity index (χ4v) is 2.72. The molecule has 0 atom stereocenters. The summed E-state index contributed by atoms with van der Waals surface area (Å²) in [4.78, 5) is 17.2. The molecule has 0 unspecified atom stereocenters. The van der Waals surface area contributed by atoms with Crippen LogP contribution in [-0.2, 0) is 6.54 Å². The van der Waals surface area contributed by atoms with E-state index >= 15 is 0 Å². The van der Waals surface area contributed by atoms with Gasteiger partial charge in [0, 0.05) is 0 Å². The van der Waals surface area contributed by atoms with Crippen molar-refractivity contribution in [2.75, 3.05) is 0 Å². The molecule has 4 aromatic rings. The Morgan fingerprint density at radius 3 is 2.50 bits per heavy atom. The van der Waals surface area contributed by atoms with E-state index < -0.39 is 0 Å². The van der Waals surface area contributed by atoms with Crippen LogP contribution in [0.3, 0.4) is 0 Å². The van der Waals surface area contributed by atoms with Gasteiger partial charge in [-0.25, -0.2) is 9.67 Å². The molecule has 118 valence electrons. The average Bonchev–Trinajstić information content (AvgIpc) is 3.04. The third-order valence-electron chi connectivity index (χ3n) is 4.03. The van der Waals surface area contributed by atoms with Crippen molar-refractivity contribution < 1.29 is 0 Å². The normalized spacial score (nSPS) is 11.0. The zero-order valence-electron chi connectivity index (χ0n) is 13.3. The largest absolute Gasteiger partial charge is 0.294 e. The molecular weight excluding hydrogens is 300 g/mol. The first kappa shape index (κ1) is 14.4. The van der Waals surface area contributed by atoms with Crippen LogP contribution >= 0.6 is 0 Å². The van der Waals surface area contributed by atoms with Crippen molar-refractivity contribution >= 4 is 11.0 Å². The lowest BCUT2D eigenvalue weighted by Crippen LogP contribution is -2.21. The van der Waals surface area contributed by atoms with E-state index in [4.69, 9.17) is 0 Å². The summed E-state index contributed by atoms with van der Waals surface area (Å²) in [6, 6.07) is 17.8. The fourth-order valence-electron chi connectivity index (χ4n) is 2.72. The highest BCUT2D eigenvalue weighted by atomic mass is 16.1. The molecule has 2 aromatic heterocycles. The van der Waals surface area contributed by atoms with Crippen molar-refractivity contribution in [2.45, 2.75) is 13.5 Å². The number of hydrogen-bond donors (Lipinski definition) is 0. The van der Waals surface area contributed by atoms with E-state index in [1.165, 1.54) is 5.56 Å². The Hall–Kier alpha value is -3.21. The van der Waals surface area contributed by atoms with E-state index in [0.29, 0.717) is 17.6 Å². The molecule has 0 spiro atoms. The van der Waals surface area contributed by atoms with Crippen molar-refractivity contribution in [1.29, 1.82) is 0 Å². The third kappa shape index (κ3) is 2.50. The summed E-state index contributed by atoms with van der Waals surface area (Å²) >= 11 is 0. The Morgan fingerprint density at radius 1 is 1.00 bits per heavy atom. The molecule has 5 nitrogen and oxygen atoms in total. The number of benzene rings is 2. The molecule has 0 saturated carbocycles. The van der Waals surface area contributed by atoms with Crippen LogP contribution in [0.2, 0.25) is 0 Å². The predicted octanol–water partition coefficient (Wildman–Crippen LogP) is 2.94. The van der Waals surface area contributed by atoms with Gasteiger partial charge < -0.3 is 0 Å². The van der Waals surface area contributed by atoms with Gasteiger partial charge in [-0.2, -0.15) is 5.10 Å². The Morgan fingerprint density at radius 2 is 1.75 bits per heavy atom. The molecule has 0 saturated heterocycles. The summed E-state index contributed by atoms with van der Waals surface area (Å²) < 4.78 is 3.31. The highest BCUT2D eigenvalue weighted by Gasteiger charge is 2.11. The van der Waals surface area contributed by atoms with E-state index in [9.17, 15) is 4.79 Å². The highest BCUT2D eigenvalue weighted by Crippen LogP contribution is 2.14. The van der Waals surface area contributed by atoms with Crippen LogP contribution in [0.4, 0.5) is 0 Å². The summed E-state index contributed by atoms with van der Waals surface area (Å²) in [5, 5.41) is 4.87. The molecule has 0 fully saturated rings. The number of rotatable bonds is 3. The van der Waals surface area contributed by atoms with Crippen molar-refractivity contribution in [3.8, 4) is 5.69 Å². The van der Waals surface area contributed by atoms with Crippen LogP contribution in [0.5, 0.6) is 0 Å². The van der Waals surface area contributed by atoms with Crippen LogP contribution in [-0.4, -0.2) is 19.3 Å². The first-order valence-electron chi connectivity index (χ1n) is 7.76. The predicted molar refractivity (Wildman–Crippen MR) is 93.4 cm³/mol. The third-order valence-corrected chi connectivity index (χ3v) is 4.03. The number of nitrogens with zero attached hydrogens (tertiary/aromatic N) is 4. The molecule has 2 heterocycles. The zero-order chi connectivity index (χ0) is 16.5. The molecule has 0 amide bonds. The maximum absolute atomic E-state index is 12.7. The molecule has 0 aliphatic carbocycles. The van der Waals surface area contributed by atoms with Crippen LogP contribution < -0.4 is 5.56 Å². The van der Waals surface area contributed by atoms with Gasteiger partial charge in [-0.3, -0.25) is 9.36 Å². The van der Waals surface area contributed by atoms with E-state index in [0.717, 1.165) is 11.3 Å². The van der Waals surface area contributed by atoms with Crippen LogP contribution in [0.15, 0.2) is 71.9 Å². The Kier molecular flexibility index (Phi) is 3.46. The first-order chi connectivity index (χ1) is 11.7. The van der Waals surface area contributed by atoms with Gasteiger partial charge in [0.05, 0.1) is 18.4 Å². The Bertz CT molecular complexity index is 1050. The average molecular weight is 316 g/mol. The second kappa shape index (κ2) is 5.77. The number of hydrogen-bond acceptors (Lipinski definition) is 3. The Balaban J connectivity index is 1.78. The van der Waals surface area contributed by atoms with Gasteiger partial charge in [-0.1, -0.05) is 48.0 Å². The molecule has 0 N–H and O–H groups in total. The van der Waals surface area contributed by atoms with Crippen molar-refractivity contribution in [3.05, 3.63) is 88.6 Å². The number of fused-ring (bicyclic) bond motifs is 1. The van der Waals surface area contributed by atoms with Gasteiger partial charge in [0.1, 0.15) is 11.7 Å². The molecule has 2 aromatic carbocycles. The van der Waals surface area contributed by atoms with Crippen LogP contribution in [0.1, 0.15) is 11.1 Å². The molecule has 4 rings (SSSR count). The Labute approximate surface area is 138 Å². The van der Waals surface area contributed by atoms with Crippen molar-refractivity contribution in [2.24, 2.45) is 0 Å². The van der Waals surface area contributed by atoms with Crippen molar-refractivity contribution in [3.63, 3.8) is 0 Å². The molecule has 0 aliphatic heterocycles. The fraction of sp³-hybridized carbons (Fsp3) is 0.105. The molecule has 0 aliphatic rings. The SMILES string of the molecule is Cc1ccc(-n2ncc3c(=O)n(Cc4ccccc4)cnc32)cc1. The molecule has 0 bridgehead atoms. The monoisotopic (exact) mass is 316 g/mol. The molecular formula is C19H16N4O. The second-order valence-corrected chi connectivity index (χ2v) is 5.79. The van der Waals surface area contributed by atoms with Crippen molar-refractivity contribution in [1.82, 2.24) is 19.3 Å². The number of aromatic nitrogens is 4. The summed E-state index contributed by atoms with van der Waals surface area (Å²) in [7, 11) is 0. The van der Waals surface area contributed by atoms with Gasteiger partial charge in [-0.05, 0) is 24.6 Å². The zero-order valence-corrected chi connectivity index (χ0v) is 13.3. The molecule has 0 radical (unpaired) electrons. The minimum atomic E-state index is -0.0813. The van der Waals surface area contributed by atoms with Gasteiger partial charge >= 0.3 is 0 Å². The lowest BCUT2D eigenvalue weighted by atomic mass is 10.2. The van der Waals surface area contributed by atoms with Gasteiger partial charge in [0.25, 0.3) is 5.56 Å². The minimum Gasteiger partial charge on any atom is -0.294 e. The summed E-state index contributed by atoms with van der Waals surface area (Å²) in [5.41, 5.74) is 3.62. The van der Waals surface area contributed by atoms with Gasteiger partial charge in [-0.15, -0.1) is 0 Å². The summed E-state index contributed by atoms with van der Waals surface area (Å²) in [6.07, 6.45) is 3.18. The summed E-state index contributed by atoms with van der Waals surface area (Å²) in [6.45, 7) is 2.53. The van der Waals surface area contributed by atoms with E-state index in [2.05, 4.69) is 10.1 Å². The van der Waals surface area contributed by atoms with Crippen LogP contribution in [0, 0.1) is 6.92 Å². The maximum Gasteiger partial charge on any atom is 0.264 e.